The smallest absolute Gasteiger partial charge is 0.253 e. The molecule has 104 valence electrons. The van der Waals surface area contributed by atoms with E-state index in [1.165, 1.54) is 25.7 Å². The fourth-order valence-corrected chi connectivity index (χ4v) is 2.77. The maximum Gasteiger partial charge on any atom is 0.253 e. The maximum absolute atomic E-state index is 12.2. The number of carbonyl (C=O) groups is 1. The van der Waals surface area contributed by atoms with Crippen molar-refractivity contribution < 1.29 is 4.79 Å². The van der Waals surface area contributed by atoms with Gasteiger partial charge in [-0.1, -0.05) is 24.4 Å². The van der Waals surface area contributed by atoms with Crippen molar-refractivity contribution >= 4 is 23.2 Å². The standard InChI is InChI=1S/C15H21ClN2O/c1-2-17-14-8-7-12(16)9-13(14)15(19)18-10-11-5-3-4-6-11/h7-9,11,17H,2-6,10H2,1H3,(H,18,19). The van der Waals surface area contributed by atoms with E-state index in [0.717, 1.165) is 18.8 Å². The zero-order chi connectivity index (χ0) is 13.7. The van der Waals surface area contributed by atoms with Gasteiger partial charge in [-0.3, -0.25) is 4.79 Å². The second-order valence-electron chi connectivity index (χ2n) is 5.08. The number of anilines is 1. The van der Waals surface area contributed by atoms with Crippen molar-refractivity contribution in [2.45, 2.75) is 32.6 Å². The van der Waals surface area contributed by atoms with Crippen LogP contribution < -0.4 is 10.6 Å². The van der Waals surface area contributed by atoms with E-state index in [-0.39, 0.29) is 5.91 Å². The molecule has 1 fully saturated rings. The van der Waals surface area contributed by atoms with Gasteiger partial charge in [0, 0.05) is 23.8 Å². The Balaban J connectivity index is 2.02. The van der Waals surface area contributed by atoms with Gasteiger partial charge in [-0.15, -0.1) is 0 Å². The summed E-state index contributed by atoms with van der Waals surface area (Å²) in [6.07, 6.45) is 5.05. The van der Waals surface area contributed by atoms with Crippen molar-refractivity contribution in [1.29, 1.82) is 0 Å². The fraction of sp³-hybridized carbons (Fsp3) is 0.533. The Bertz CT molecular complexity index is 442. The van der Waals surface area contributed by atoms with Gasteiger partial charge in [-0.2, -0.15) is 0 Å². The summed E-state index contributed by atoms with van der Waals surface area (Å²) in [5.74, 6) is 0.607. The number of halogens is 1. The quantitative estimate of drug-likeness (QED) is 0.864. The zero-order valence-corrected chi connectivity index (χ0v) is 12.1. The number of amides is 1. The number of nitrogens with one attached hydrogen (secondary N) is 2. The van der Waals surface area contributed by atoms with Crippen LogP contribution in [0.15, 0.2) is 18.2 Å². The molecule has 1 amide bonds. The van der Waals surface area contributed by atoms with E-state index >= 15 is 0 Å². The summed E-state index contributed by atoms with van der Waals surface area (Å²) in [5.41, 5.74) is 1.48. The number of hydrogen-bond donors (Lipinski definition) is 2. The molecular weight excluding hydrogens is 260 g/mol. The first kappa shape index (κ1) is 14.2. The molecule has 1 aromatic carbocycles. The first-order valence-electron chi connectivity index (χ1n) is 7.02. The third-order valence-corrected chi connectivity index (χ3v) is 3.85. The fourth-order valence-electron chi connectivity index (χ4n) is 2.60. The molecule has 1 aromatic rings. The highest BCUT2D eigenvalue weighted by atomic mass is 35.5. The van der Waals surface area contributed by atoms with E-state index in [2.05, 4.69) is 10.6 Å². The van der Waals surface area contributed by atoms with Crippen molar-refractivity contribution in [2.75, 3.05) is 18.4 Å². The van der Waals surface area contributed by atoms with Gasteiger partial charge < -0.3 is 10.6 Å². The van der Waals surface area contributed by atoms with Crippen molar-refractivity contribution in [3.05, 3.63) is 28.8 Å². The molecule has 1 aliphatic carbocycles. The third kappa shape index (κ3) is 3.87. The van der Waals surface area contributed by atoms with Crippen LogP contribution in [0.2, 0.25) is 5.02 Å². The van der Waals surface area contributed by atoms with Crippen LogP contribution in [0.25, 0.3) is 0 Å². The molecule has 0 saturated heterocycles. The Morgan fingerprint density at radius 1 is 1.37 bits per heavy atom. The Labute approximate surface area is 119 Å². The molecule has 1 aliphatic rings. The van der Waals surface area contributed by atoms with Crippen LogP contribution in [-0.2, 0) is 0 Å². The van der Waals surface area contributed by atoms with Crippen LogP contribution in [-0.4, -0.2) is 19.0 Å². The molecule has 0 aromatic heterocycles. The largest absolute Gasteiger partial charge is 0.385 e. The minimum absolute atomic E-state index is 0.0367. The third-order valence-electron chi connectivity index (χ3n) is 3.62. The first-order chi connectivity index (χ1) is 9.20. The molecule has 0 aliphatic heterocycles. The lowest BCUT2D eigenvalue weighted by atomic mass is 10.1. The average molecular weight is 281 g/mol. The molecule has 19 heavy (non-hydrogen) atoms. The van der Waals surface area contributed by atoms with Crippen LogP contribution in [0.5, 0.6) is 0 Å². The Kier molecular flexibility index (Phi) is 5.08. The second kappa shape index (κ2) is 6.80. The lowest BCUT2D eigenvalue weighted by molar-refractivity contribution is 0.0948. The number of rotatable bonds is 5. The molecule has 0 radical (unpaired) electrons. The van der Waals surface area contributed by atoms with Gasteiger partial charge in [0.25, 0.3) is 5.91 Å². The lowest BCUT2D eigenvalue weighted by Crippen LogP contribution is -2.29. The minimum Gasteiger partial charge on any atom is -0.385 e. The monoisotopic (exact) mass is 280 g/mol. The Morgan fingerprint density at radius 3 is 2.79 bits per heavy atom. The van der Waals surface area contributed by atoms with Crippen LogP contribution in [0.3, 0.4) is 0 Å². The second-order valence-corrected chi connectivity index (χ2v) is 5.52. The van der Waals surface area contributed by atoms with Gasteiger partial charge in [0.2, 0.25) is 0 Å². The van der Waals surface area contributed by atoms with Crippen molar-refractivity contribution in [2.24, 2.45) is 5.92 Å². The lowest BCUT2D eigenvalue weighted by Gasteiger charge is -2.14. The van der Waals surface area contributed by atoms with Gasteiger partial charge in [-0.05, 0) is 43.9 Å². The normalized spacial score (nSPS) is 15.5. The summed E-state index contributed by atoms with van der Waals surface area (Å²) in [7, 11) is 0. The summed E-state index contributed by atoms with van der Waals surface area (Å²) in [4.78, 5) is 12.2. The highest BCUT2D eigenvalue weighted by Gasteiger charge is 2.17. The molecule has 4 heteroatoms. The van der Waals surface area contributed by atoms with E-state index in [4.69, 9.17) is 11.6 Å². The summed E-state index contributed by atoms with van der Waals surface area (Å²) in [6, 6.07) is 5.38. The summed E-state index contributed by atoms with van der Waals surface area (Å²) < 4.78 is 0. The Morgan fingerprint density at radius 2 is 2.11 bits per heavy atom. The minimum atomic E-state index is -0.0367. The molecule has 3 nitrogen and oxygen atoms in total. The van der Waals surface area contributed by atoms with Crippen LogP contribution in [0, 0.1) is 5.92 Å². The summed E-state index contributed by atoms with van der Waals surface area (Å²) in [6.45, 7) is 3.57. The number of benzene rings is 1. The van der Waals surface area contributed by atoms with Gasteiger partial charge in [0.15, 0.2) is 0 Å². The first-order valence-corrected chi connectivity index (χ1v) is 7.40. The van der Waals surface area contributed by atoms with E-state index < -0.39 is 0 Å². The predicted molar refractivity (Wildman–Crippen MR) is 79.9 cm³/mol. The Hall–Kier alpha value is -1.22. The predicted octanol–water partition coefficient (Wildman–Crippen LogP) is 3.69. The molecule has 1 saturated carbocycles. The van der Waals surface area contributed by atoms with E-state index in [1.54, 1.807) is 12.1 Å². The van der Waals surface area contributed by atoms with E-state index in [9.17, 15) is 4.79 Å². The van der Waals surface area contributed by atoms with Crippen LogP contribution in [0.4, 0.5) is 5.69 Å². The van der Waals surface area contributed by atoms with Gasteiger partial charge in [-0.25, -0.2) is 0 Å². The van der Waals surface area contributed by atoms with Gasteiger partial charge in [0.1, 0.15) is 0 Å². The molecule has 0 bridgehead atoms. The molecule has 0 atom stereocenters. The summed E-state index contributed by atoms with van der Waals surface area (Å²) >= 11 is 5.98. The van der Waals surface area contributed by atoms with Crippen molar-refractivity contribution in [3.63, 3.8) is 0 Å². The SMILES string of the molecule is CCNc1ccc(Cl)cc1C(=O)NCC1CCCC1. The highest BCUT2D eigenvalue weighted by molar-refractivity contribution is 6.31. The molecule has 2 N–H and O–H groups in total. The molecule has 0 unspecified atom stereocenters. The molecular formula is C15H21ClN2O. The van der Waals surface area contributed by atoms with E-state index in [1.807, 2.05) is 13.0 Å². The number of hydrogen-bond acceptors (Lipinski definition) is 2. The zero-order valence-electron chi connectivity index (χ0n) is 11.3. The highest BCUT2D eigenvalue weighted by Crippen LogP contribution is 2.24. The van der Waals surface area contributed by atoms with Crippen molar-refractivity contribution in [1.82, 2.24) is 5.32 Å². The topological polar surface area (TPSA) is 41.1 Å². The molecule has 0 spiro atoms. The number of carbonyl (C=O) groups excluding carboxylic acids is 1. The molecule has 0 heterocycles. The van der Waals surface area contributed by atoms with E-state index in [0.29, 0.717) is 16.5 Å². The van der Waals surface area contributed by atoms with Crippen LogP contribution >= 0.6 is 11.6 Å². The van der Waals surface area contributed by atoms with Gasteiger partial charge in [0.05, 0.1) is 5.56 Å². The average Bonchev–Trinajstić information content (AvgIpc) is 2.91. The van der Waals surface area contributed by atoms with Gasteiger partial charge >= 0.3 is 0 Å². The van der Waals surface area contributed by atoms with Crippen molar-refractivity contribution in [3.8, 4) is 0 Å². The van der Waals surface area contributed by atoms with Crippen LogP contribution in [0.1, 0.15) is 43.0 Å². The molecule has 2 rings (SSSR count). The summed E-state index contributed by atoms with van der Waals surface area (Å²) in [5, 5.41) is 6.81. The maximum atomic E-state index is 12.2.